The number of nitrogens with zero attached hydrogens (tertiary/aromatic N) is 1. The van der Waals surface area contributed by atoms with Crippen LogP contribution in [0.2, 0.25) is 5.02 Å². The van der Waals surface area contributed by atoms with Gasteiger partial charge in [-0.3, -0.25) is 14.4 Å². The Kier molecular flexibility index (Phi) is 7.99. The van der Waals surface area contributed by atoms with Crippen LogP contribution in [0.5, 0.6) is 11.5 Å². The van der Waals surface area contributed by atoms with Gasteiger partial charge in [0.25, 0.3) is 5.91 Å². The number of hydrogen-bond donors (Lipinski definition) is 3. The van der Waals surface area contributed by atoms with Crippen molar-refractivity contribution in [3.05, 3.63) is 53.1 Å². The Bertz CT molecular complexity index is 918. The molecule has 2 aromatic carbocycles. The maximum atomic E-state index is 12.0. The Morgan fingerprint density at radius 2 is 1.86 bits per heavy atom. The zero-order valence-corrected chi connectivity index (χ0v) is 16.4. The highest BCUT2D eigenvalue weighted by molar-refractivity contribution is 6.35. The number of likely N-dealkylation sites (N-methyl/N-ethyl adjacent to an activating group) is 1. The molecule has 0 aliphatic rings. The van der Waals surface area contributed by atoms with Gasteiger partial charge in [0.05, 0.1) is 18.3 Å². The molecule has 0 saturated carbocycles. The first kappa shape index (κ1) is 21.7. The van der Waals surface area contributed by atoms with E-state index in [2.05, 4.69) is 21.2 Å². The standard InChI is InChI=1S/C19H19ClN4O5/c1-21-18(26)19(27)24-22-10-12-8-14(20)17(15(9-12)28-2)29-11-16(25)23-13-6-4-3-5-7-13/h3-10H,11H2,1-2H3,(H,21,26)(H,23,25)(H,24,27)/b22-10-. The van der Waals surface area contributed by atoms with Gasteiger partial charge >= 0.3 is 11.8 Å². The third-order valence-corrected chi connectivity index (χ3v) is 3.75. The predicted molar refractivity (Wildman–Crippen MR) is 108 cm³/mol. The number of halogens is 1. The molecule has 0 spiro atoms. The van der Waals surface area contributed by atoms with Crippen LogP contribution in [-0.2, 0) is 14.4 Å². The summed E-state index contributed by atoms with van der Waals surface area (Å²) in [6, 6.07) is 12.0. The number of hydrazone groups is 1. The largest absolute Gasteiger partial charge is 0.493 e. The first-order chi connectivity index (χ1) is 13.9. The number of nitrogens with one attached hydrogen (secondary N) is 3. The van der Waals surface area contributed by atoms with E-state index >= 15 is 0 Å². The Morgan fingerprint density at radius 1 is 1.14 bits per heavy atom. The zero-order valence-electron chi connectivity index (χ0n) is 15.7. The van der Waals surface area contributed by atoms with E-state index in [1.165, 1.54) is 26.4 Å². The molecular formula is C19H19ClN4O5. The summed E-state index contributed by atoms with van der Waals surface area (Å²) in [7, 11) is 2.74. The summed E-state index contributed by atoms with van der Waals surface area (Å²) in [5.74, 6) is -1.65. The summed E-state index contributed by atoms with van der Waals surface area (Å²) >= 11 is 6.22. The second kappa shape index (κ2) is 10.7. The number of carbonyl (C=O) groups excluding carboxylic acids is 3. The fraction of sp³-hybridized carbons (Fsp3) is 0.158. The number of ether oxygens (including phenoxy) is 2. The zero-order chi connectivity index (χ0) is 21.2. The van der Waals surface area contributed by atoms with E-state index < -0.39 is 11.8 Å². The van der Waals surface area contributed by atoms with Gasteiger partial charge in [-0.25, -0.2) is 5.43 Å². The number of carbonyl (C=O) groups is 3. The van der Waals surface area contributed by atoms with Crippen molar-refractivity contribution in [2.45, 2.75) is 0 Å². The molecule has 0 bridgehead atoms. The molecule has 2 rings (SSSR count). The second-order valence-electron chi connectivity index (χ2n) is 5.52. The number of methoxy groups -OCH3 is 1. The lowest BCUT2D eigenvalue weighted by atomic mass is 10.2. The highest BCUT2D eigenvalue weighted by atomic mass is 35.5. The lowest BCUT2D eigenvalue weighted by molar-refractivity contribution is -0.138. The van der Waals surface area contributed by atoms with Crippen LogP contribution in [0, 0.1) is 0 Å². The minimum absolute atomic E-state index is 0.177. The van der Waals surface area contributed by atoms with E-state index in [4.69, 9.17) is 21.1 Å². The molecule has 9 nitrogen and oxygen atoms in total. The first-order valence-corrected chi connectivity index (χ1v) is 8.72. The molecule has 0 fully saturated rings. The smallest absolute Gasteiger partial charge is 0.329 e. The van der Waals surface area contributed by atoms with Gasteiger partial charge in [-0.15, -0.1) is 0 Å². The van der Waals surface area contributed by atoms with Crippen LogP contribution in [0.4, 0.5) is 5.69 Å². The van der Waals surface area contributed by atoms with Crippen molar-refractivity contribution in [1.82, 2.24) is 10.7 Å². The summed E-state index contributed by atoms with van der Waals surface area (Å²) in [6.07, 6.45) is 1.28. The summed E-state index contributed by atoms with van der Waals surface area (Å²) in [4.78, 5) is 34.5. The van der Waals surface area contributed by atoms with E-state index in [9.17, 15) is 14.4 Å². The Morgan fingerprint density at radius 3 is 2.52 bits per heavy atom. The number of anilines is 1. The van der Waals surface area contributed by atoms with Crippen LogP contribution in [0.15, 0.2) is 47.6 Å². The lowest BCUT2D eigenvalue weighted by Gasteiger charge is -2.13. The lowest BCUT2D eigenvalue weighted by Crippen LogP contribution is -2.35. The molecule has 0 aromatic heterocycles. The van der Waals surface area contributed by atoms with Crippen molar-refractivity contribution < 1.29 is 23.9 Å². The summed E-state index contributed by atoms with van der Waals surface area (Å²) < 4.78 is 10.7. The summed E-state index contributed by atoms with van der Waals surface area (Å²) in [5.41, 5.74) is 3.19. The van der Waals surface area contributed by atoms with Crippen LogP contribution < -0.4 is 25.5 Å². The average Bonchev–Trinajstić information content (AvgIpc) is 2.72. The minimum atomic E-state index is -0.911. The van der Waals surface area contributed by atoms with Crippen LogP contribution in [-0.4, -0.2) is 44.7 Å². The van der Waals surface area contributed by atoms with E-state index in [1.54, 1.807) is 30.3 Å². The van der Waals surface area contributed by atoms with E-state index in [1.807, 2.05) is 6.07 Å². The van der Waals surface area contributed by atoms with Gasteiger partial charge in [0.2, 0.25) is 0 Å². The van der Waals surface area contributed by atoms with Gasteiger partial charge in [0.15, 0.2) is 18.1 Å². The molecule has 10 heteroatoms. The van der Waals surface area contributed by atoms with Gasteiger partial charge in [-0.1, -0.05) is 29.8 Å². The molecule has 3 N–H and O–H groups in total. The molecule has 0 atom stereocenters. The SMILES string of the molecule is CNC(=O)C(=O)N/N=C\c1cc(Cl)c(OCC(=O)Nc2ccccc2)c(OC)c1. The molecule has 0 aliphatic carbocycles. The van der Waals surface area contributed by atoms with Crippen LogP contribution in [0.1, 0.15) is 5.56 Å². The second-order valence-corrected chi connectivity index (χ2v) is 5.92. The van der Waals surface area contributed by atoms with Gasteiger partial charge in [-0.05, 0) is 29.8 Å². The number of hydrogen-bond acceptors (Lipinski definition) is 6. The number of benzene rings is 2. The topological polar surface area (TPSA) is 118 Å². The molecule has 3 amide bonds. The maximum Gasteiger partial charge on any atom is 0.329 e. The van der Waals surface area contributed by atoms with Crippen molar-refractivity contribution in [2.75, 3.05) is 26.1 Å². The quantitative estimate of drug-likeness (QED) is 0.358. The predicted octanol–water partition coefficient (Wildman–Crippen LogP) is 1.56. The monoisotopic (exact) mass is 418 g/mol. The summed E-state index contributed by atoms with van der Waals surface area (Å²) in [6.45, 7) is -0.277. The molecule has 29 heavy (non-hydrogen) atoms. The van der Waals surface area contributed by atoms with Gasteiger partial charge in [-0.2, -0.15) is 5.10 Å². The molecule has 2 aromatic rings. The maximum absolute atomic E-state index is 12.0. The van der Waals surface area contributed by atoms with E-state index in [0.717, 1.165) is 0 Å². The van der Waals surface area contributed by atoms with Crippen LogP contribution in [0.25, 0.3) is 0 Å². The average molecular weight is 419 g/mol. The molecular weight excluding hydrogens is 400 g/mol. The molecule has 0 saturated heterocycles. The number of amides is 3. The van der Waals surface area contributed by atoms with Crippen molar-refractivity contribution >= 4 is 41.2 Å². The fourth-order valence-corrected chi connectivity index (χ4v) is 2.41. The molecule has 152 valence electrons. The van der Waals surface area contributed by atoms with Crippen molar-refractivity contribution in [3.63, 3.8) is 0 Å². The van der Waals surface area contributed by atoms with Crippen molar-refractivity contribution in [3.8, 4) is 11.5 Å². The summed E-state index contributed by atoms with van der Waals surface area (Å²) in [5, 5.41) is 8.71. The highest BCUT2D eigenvalue weighted by Gasteiger charge is 2.14. The third-order valence-electron chi connectivity index (χ3n) is 3.47. The fourth-order valence-electron chi connectivity index (χ4n) is 2.14. The Hall–Kier alpha value is -3.59. The molecule has 0 unspecified atom stereocenters. The molecule has 0 radical (unpaired) electrons. The van der Waals surface area contributed by atoms with Crippen molar-refractivity contribution in [1.29, 1.82) is 0 Å². The Labute approximate surface area is 172 Å². The van der Waals surface area contributed by atoms with Crippen LogP contribution >= 0.6 is 11.6 Å². The first-order valence-electron chi connectivity index (χ1n) is 8.35. The number of para-hydroxylation sites is 1. The molecule has 0 aliphatic heterocycles. The van der Waals surface area contributed by atoms with Crippen LogP contribution in [0.3, 0.4) is 0 Å². The van der Waals surface area contributed by atoms with Gasteiger partial charge < -0.3 is 20.1 Å². The van der Waals surface area contributed by atoms with Gasteiger partial charge in [0, 0.05) is 12.7 Å². The third kappa shape index (κ3) is 6.51. The minimum Gasteiger partial charge on any atom is -0.493 e. The van der Waals surface area contributed by atoms with Gasteiger partial charge in [0.1, 0.15) is 0 Å². The van der Waals surface area contributed by atoms with Crippen molar-refractivity contribution in [2.24, 2.45) is 5.10 Å². The normalized spacial score (nSPS) is 10.3. The number of rotatable bonds is 7. The Balaban J connectivity index is 2.03. The molecule has 0 heterocycles. The van der Waals surface area contributed by atoms with E-state index in [0.29, 0.717) is 11.3 Å². The van der Waals surface area contributed by atoms with E-state index in [-0.39, 0.29) is 29.0 Å². The highest BCUT2D eigenvalue weighted by Crippen LogP contribution is 2.36.